The number of carbonyl (C=O) groups is 4. The van der Waals surface area contributed by atoms with Crippen molar-refractivity contribution in [1.82, 2.24) is 36.2 Å². The summed E-state index contributed by atoms with van der Waals surface area (Å²) in [5, 5.41) is 23.2. The van der Waals surface area contributed by atoms with Gasteiger partial charge in [-0.25, -0.2) is 9.78 Å². The van der Waals surface area contributed by atoms with Gasteiger partial charge in [-0.05, 0) is 41.5 Å². The molecule has 0 bridgehead atoms. The van der Waals surface area contributed by atoms with Crippen LogP contribution in [0.3, 0.4) is 0 Å². The fourth-order valence-corrected chi connectivity index (χ4v) is 5.70. The summed E-state index contributed by atoms with van der Waals surface area (Å²) in [4.78, 5) is 65.4. The van der Waals surface area contributed by atoms with Crippen LogP contribution in [0.4, 0.5) is 4.79 Å². The zero-order valence-corrected chi connectivity index (χ0v) is 30.3. The van der Waals surface area contributed by atoms with Crippen LogP contribution in [0.25, 0.3) is 10.9 Å². The van der Waals surface area contributed by atoms with Crippen LogP contribution in [0, 0.1) is 11.8 Å². The Morgan fingerprint density at radius 3 is 2.29 bits per heavy atom. The minimum absolute atomic E-state index is 0.00138. The van der Waals surface area contributed by atoms with E-state index in [1.807, 2.05) is 82.3 Å². The number of aliphatic hydroxyl groups excluding tert-OH is 1. The molecular weight excluding hydrogens is 662 g/mol. The Kier molecular flexibility index (Phi) is 15.1. The number of para-hydroxylation sites is 1. The Hall–Kier alpha value is -5.30. The van der Waals surface area contributed by atoms with E-state index in [-0.39, 0.29) is 37.7 Å². The number of nitrogens with zero attached hydrogens (tertiary/aromatic N) is 2. The summed E-state index contributed by atoms with van der Waals surface area (Å²) in [6.45, 7) is 8.46. The third kappa shape index (κ3) is 12.5. The van der Waals surface area contributed by atoms with Gasteiger partial charge in [0.1, 0.15) is 18.7 Å². The smallest absolute Gasteiger partial charge is 0.408 e. The molecule has 0 aliphatic carbocycles. The quantitative estimate of drug-likeness (QED) is 0.0843. The van der Waals surface area contributed by atoms with Gasteiger partial charge >= 0.3 is 6.09 Å². The van der Waals surface area contributed by atoms with Crippen molar-refractivity contribution in [2.24, 2.45) is 11.8 Å². The maximum atomic E-state index is 14.1. The molecule has 4 rings (SSSR count). The summed E-state index contributed by atoms with van der Waals surface area (Å²) in [6.07, 6.45) is 3.95. The Bertz CT molecular complexity index is 1730. The molecule has 0 aliphatic rings. The van der Waals surface area contributed by atoms with Crippen molar-refractivity contribution in [2.75, 3.05) is 6.54 Å². The van der Waals surface area contributed by atoms with Gasteiger partial charge in [-0.3, -0.25) is 19.4 Å². The van der Waals surface area contributed by atoms with Gasteiger partial charge < -0.3 is 36.1 Å². The van der Waals surface area contributed by atoms with E-state index in [0.717, 1.165) is 28.5 Å². The molecule has 52 heavy (non-hydrogen) atoms. The Balaban J connectivity index is 1.54. The predicted molar refractivity (Wildman–Crippen MR) is 198 cm³/mol. The lowest BCUT2D eigenvalue weighted by Gasteiger charge is -2.29. The molecule has 278 valence electrons. The first-order valence-electron chi connectivity index (χ1n) is 17.8. The van der Waals surface area contributed by atoms with Crippen LogP contribution in [0.2, 0.25) is 0 Å². The zero-order chi connectivity index (χ0) is 37.5. The highest BCUT2D eigenvalue weighted by molar-refractivity contribution is 5.92. The number of aliphatic hydroxyl groups is 1. The predicted octanol–water partition coefficient (Wildman–Crippen LogP) is 3.97. The lowest BCUT2D eigenvalue weighted by Crippen LogP contribution is -2.57. The molecule has 1 unspecified atom stereocenters. The topological polar surface area (TPSA) is 187 Å². The van der Waals surface area contributed by atoms with Gasteiger partial charge in [-0.2, -0.15) is 0 Å². The second kappa shape index (κ2) is 19.9. The molecule has 0 fully saturated rings. The number of aromatic nitrogens is 3. The largest absolute Gasteiger partial charge is 0.445 e. The van der Waals surface area contributed by atoms with Gasteiger partial charge in [0.15, 0.2) is 0 Å². The molecule has 0 spiro atoms. The van der Waals surface area contributed by atoms with Gasteiger partial charge in [0.25, 0.3) is 0 Å². The molecule has 13 heteroatoms. The average molecular weight is 714 g/mol. The first kappa shape index (κ1) is 39.5. The van der Waals surface area contributed by atoms with Crippen molar-refractivity contribution in [3.8, 4) is 0 Å². The normalized spacial score (nSPS) is 14.1. The van der Waals surface area contributed by atoms with Crippen molar-refractivity contribution in [3.63, 3.8) is 0 Å². The molecule has 4 aromatic rings. The number of pyridine rings is 1. The van der Waals surface area contributed by atoms with E-state index >= 15 is 0 Å². The molecule has 6 N–H and O–H groups in total. The number of rotatable bonds is 19. The number of ether oxygens (including phenoxy) is 1. The van der Waals surface area contributed by atoms with Crippen LogP contribution in [0.5, 0.6) is 0 Å². The van der Waals surface area contributed by atoms with Crippen LogP contribution in [-0.4, -0.2) is 74.6 Å². The summed E-state index contributed by atoms with van der Waals surface area (Å²) in [5.74, 6) is -1.14. The standard InChI is InChI=1S/C39H51N7O6/c1-5-26(4)21-42-36(48)20-35(47)32(17-25(2)3)44-38(50)34(19-29-22-40-24-43-29)45-37(49)33(46-39(51)52-23-27-11-7-6-8-12-27)18-28-15-16-41-31-14-10-9-13-30(28)31/h6-16,22,24-26,32-35,47H,5,17-21,23H2,1-4H3,(H,40,43)(H,42,48)(H,44,50)(H,45,49)(H,46,51)/t26?,32-,33-,34-,35-/m0/s1. The number of hydrogen-bond acceptors (Lipinski definition) is 8. The molecule has 2 aromatic heterocycles. The molecule has 4 amide bonds. The van der Waals surface area contributed by atoms with Crippen LogP contribution in [0.1, 0.15) is 63.8 Å². The number of fused-ring (bicyclic) bond motifs is 1. The molecule has 2 aromatic carbocycles. The molecule has 5 atom stereocenters. The fraction of sp³-hybridized carbons (Fsp3) is 0.436. The first-order chi connectivity index (χ1) is 25.0. The third-order valence-corrected chi connectivity index (χ3v) is 8.84. The number of amides is 4. The fourth-order valence-electron chi connectivity index (χ4n) is 5.70. The summed E-state index contributed by atoms with van der Waals surface area (Å²) >= 11 is 0. The van der Waals surface area contributed by atoms with Crippen molar-refractivity contribution < 1.29 is 29.0 Å². The molecule has 0 radical (unpaired) electrons. The highest BCUT2D eigenvalue weighted by Gasteiger charge is 2.32. The lowest BCUT2D eigenvalue weighted by atomic mass is 9.96. The Morgan fingerprint density at radius 1 is 0.865 bits per heavy atom. The van der Waals surface area contributed by atoms with E-state index < -0.39 is 42.1 Å². The number of nitrogens with one attached hydrogen (secondary N) is 5. The van der Waals surface area contributed by atoms with Crippen LogP contribution < -0.4 is 21.3 Å². The van der Waals surface area contributed by atoms with E-state index in [0.29, 0.717) is 24.6 Å². The van der Waals surface area contributed by atoms with Gasteiger partial charge in [-0.15, -0.1) is 0 Å². The lowest BCUT2D eigenvalue weighted by molar-refractivity contribution is -0.131. The van der Waals surface area contributed by atoms with E-state index in [4.69, 9.17) is 4.74 Å². The number of alkyl carbamates (subject to hydrolysis) is 1. The highest BCUT2D eigenvalue weighted by Crippen LogP contribution is 2.19. The number of H-pyrrole nitrogens is 1. The number of imidazole rings is 1. The summed E-state index contributed by atoms with van der Waals surface area (Å²) in [7, 11) is 0. The van der Waals surface area contributed by atoms with E-state index in [2.05, 4.69) is 36.2 Å². The second-order valence-electron chi connectivity index (χ2n) is 13.6. The van der Waals surface area contributed by atoms with Crippen molar-refractivity contribution in [1.29, 1.82) is 0 Å². The minimum atomic E-state index is -1.17. The second-order valence-corrected chi connectivity index (χ2v) is 13.6. The van der Waals surface area contributed by atoms with E-state index in [1.165, 1.54) is 6.33 Å². The number of carbonyl (C=O) groups excluding carboxylic acids is 4. The van der Waals surface area contributed by atoms with Crippen molar-refractivity contribution in [3.05, 3.63) is 96.2 Å². The van der Waals surface area contributed by atoms with Gasteiger partial charge in [0.05, 0.1) is 36.1 Å². The molecule has 0 saturated carbocycles. The maximum Gasteiger partial charge on any atom is 0.408 e. The Labute approximate surface area is 304 Å². The molecule has 2 heterocycles. The summed E-state index contributed by atoms with van der Waals surface area (Å²) in [5.41, 5.74) is 2.78. The maximum absolute atomic E-state index is 14.1. The van der Waals surface area contributed by atoms with Crippen LogP contribution >= 0.6 is 0 Å². The zero-order valence-electron chi connectivity index (χ0n) is 30.3. The molecular formula is C39H51N7O6. The molecule has 0 aliphatic heterocycles. The van der Waals surface area contributed by atoms with Crippen molar-refractivity contribution in [2.45, 2.75) is 90.6 Å². The highest BCUT2D eigenvalue weighted by atomic mass is 16.5. The monoisotopic (exact) mass is 713 g/mol. The SMILES string of the molecule is CCC(C)CNC(=O)C[C@H](O)[C@H](CC(C)C)NC(=O)[C@H](Cc1c[nH]cn1)NC(=O)[C@H](Cc1ccnc2ccccc12)NC(=O)OCc1ccccc1. The number of hydrogen-bond donors (Lipinski definition) is 6. The summed E-state index contributed by atoms with van der Waals surface area (Å²) in [6, 6.07) is 15.4. The van der Waals surface area contributed by atoms with Crippen LogP contribution in [-0.2, 0) is 38.6 Å². The molecule has 0 saturated heterocycles. The molecule has 13 nitrogen and oxygen atoms in total. The van der Waals surface area contributed by atoms with Gasteiger partial charge in [0.2, 0.25) is 17.7 Å². The van der Waals surface area contributed by atoms with Crippen LogP contribution in [0.15, 0.2) is 79.4 Å². The minimum Gasteiger partial charge on any atom is -0.445 e. The number of aromatic amines is 1. The summed E-state index contributed by atoms with van der Waals surface area (Å²) < 4.78 is 5.46. The van der Waals surface area contributed by atoms with E-state index in [1.54, 1.807) is 18.5 Å². The first-order valence-corrected chi connectivity index (χ1v) is 17.8. The van der Waals surface area contributed by atoms with Gasteiger partial charge in [-0.1, -0.05) is 82.6 Å². The van der Waals surface area contributed by atoms with Gasteiger partial charge in [0, 0.05) is 37.2 Å². The van der Waals surface area contributed by atoms with E-state index in [9.17, 15) is 24.3 Å². The Morgan fingerprint density at radius 2 is 1.58 bits per heavy atom. The van der Waals surface area contributed by atoms with Crippen molar-refractivity contribution >= 4 is 34.7 Å². The number of benzene rings is 2. The average Bonchev–Trinajstić information content (AvgIpc) is 3.65. The third-order valence-electron chi connectivity index (χ3n) is 8.84.